The molecule has 0 amide bonds. The SMILES string of the molecule is O=S(=O)(NCC1(O)Cc2ccccc2C1)c1cc(F)cc(F)c1. The lowest BCUT2D eigenvalue weighted by molar-refractivity contribution is 0.0567. The van der Waals surface area contributed by atoms with E-state index in [1.54, 1.807) is 0 Å². The zero-order valence-electron chi connectivity index (χ0n) is 12.1. The molecule has 3 rings (SSSR count). The minimum atomic E-state index is -4.11. The van der Waals surface area contributed by atoms with Crippen molar-refractivity contribution in [3.05, 3.63) is 65.2 Å². The van der Waals surface area contributed by atoms with Crippen LogP contribution >= 0.6 is 0 Å². The lowest BCUT2D eigenvalue weighted by Gasteiger charge is -2.22. The standard InChI is InChI=1S/C16H15F2NO3S/c17-13-5-14(18)7-15(6-13)23(21,22)19-10-16(20)8-11-3-1-2-4-12(11)9-16/h1-7,19-20H,8-10H2. The molecule has 23 heavy (non-hydrogen) atoms. The molecule has 4 nitrogen and oxygen atoms in total. The van der Waals surface area contributed by atoms with Gasteiger partial charge in [0.25, 0.3) is 0 Å². The van der Waals surface area contributed by atoms with E-state index in [1.165, 1.54) is 0 Å². The van der Waals surface area contributed by atoms with Crippen molar-refractivity contribution in [2.75, 3.05) is 6.54 Å². The van der Waals surface area contributed by atoms with Crippen LogP contribution in [0.4, 0.5) is 8.78 Å². The minimum Gasteiger partial charge on any atom is -0.388 e. The highest BCUT2D eigenvalue weighted by Crippen LogP contribution is 2.29. The highest BCUT2D eigenvalue weighted by Gasteiger charge is 2.36. The average Bonchev–Trinajstić information content (AvgIpc) is 2.81. The summed E-state index contributed by atoms with van der Waals surface area (Å²) in [5.74, 6) is -1.95. The third-order valence-electron chi connectivity index (χ3n) is 3.90. The van der Waals surface area contributed by atoms with E-state index in [4.69, 9.17) is 0 Å². The molecular formula is C16H15F2NO3S. The van der Waals surface area contributed by atoms with E-state index in [0.29, 0.717) is 18.9 Å². The molecule has 2 N–H and O–H groups in total. The zero-order chi connectivity index (χ0) is 16.7. The predicted molar refractivity (Wildman–Crippen MR) is 80.3 cm³/mol. The first kappa shape index (κ1) is 16.0. The van der Waals surface area contributed by atoms with Crippen molar-refractivity contribution in [2.24, 2.45) is 0 Å². The minimum absolute atomic E-state index is 0.234. The summed E-state index contributed by atoms with van der Waals surface area (Å²) in [6, 6.07) is 9.53. The molecule has 0 aliphatic heterocycles. The number of rotatable bonds is 4. The summed E-state index contributed by atoms with van der Waals surface area (Å²) in [5.41, 5.74) is 0.680. The Morgan fingerprint density at radius 3 is 2.09 bits per heavy atom. The number of fused-ring (bicyclic) bond motifs is 1. The van der Waals surface area contributed by atoms with E-state index in [9.17, 15) is 22.3 Å². The van der Waals surface area contributed by atoms with Gasteiger partial charge >= 0.3 is 0 Å². The second kappa shape index (κ2) is 5.67. The number of halogens is 2. The van der Waals surface area contributed by atoms with Gasteiger partial charge in [-0.1, -0.05) is 24.3 Å². The van der Waals surface area contributed by atoms with Gasteiger partial charge in [0.2, 0.25) is 10.0 Å². The van der Waals surface area contributed by atoms with Crippen molar-refractivity contribution in [3.63, 3.8) is 0 Å². The maximum absolute atomic E-state index is 13.2. The van der Waals surface area contributed by atoms with Crippen LogP contribution in [-0.2, 0) is 22.9 Å². The first-order chi connectivity index (χ1) is 10.8. The van der Waals surface area contributed by atoms with E-state index in [-0.39, 0.29) is 6.54 Å². The molecule has 2 aromatic carbocycles. The van der Waals surface area contributed by atoms with Crippen molar-refractivity contribution >= 4 is 10.0 Å². The predicted octanol–water partition coefficient (Wildman–Crippen LogP) is 1.77. The Kier molecular flexibility index (Phi) is 3.95. The molecule has 0 fully saturated rings. The quantitative estimate of drug-likeness (QED) is 0.892. The summed E-state index contributed by atoms with van der Waals surface area (Å²) < 4.78 is 52.9. The van der Waals surface area contributed by atoms with E-state index < -0.39 is 32.2 Å². The van der Waals surface area contributed by atoms with Gasteiger partial charge in [0, 0.05) is 25.5 Å². The summed E-state index contributed by atoms with van der Waals surface area (Å²) >= 11 is 0. The zero-order valence-corrected chi connectivity index (χ0v) is 12.9. The number of nitrogens with one attached hydrogen (secondary N) is 1. The van der Waals surface area contributed by atoms with Crippen LogP contribution in [0.5, 0.6) is 0 Å². The van der Waals surface area contributed by atoms with Gasteiger partial charge in [-0.25, -0.2) is 21.9 Å². The monoisotopic (exact) mass is 339 g/mol. The van der Waals surface area contributed by atoms with Crippen LogP contribution in [0.1, 0.15) is 11.1 Å². The molecule has 0 bridgehead atoms. The fraction of sp³-hybridized carbons (Fsp3) is 0.250. The molecule has 0 atom stereocenters. The third kappa shape index (κ3) is 3.41. The molecule has 122 valence electrons. The lowest BCUT2D eigenvalue weighted by Crippen LogP contribution is -2.43. The number of aliphatic hydroxyl groups is 1. The Balaban J connectivity index is 1.75. The van der Waals surface area contributed by atoms with Crippen LogP contribution in [0.25, 0.3) is 0 Å². The fourth-order valence-electron chi connectivity index (χ4n) is 2.80. The van der Waals surface area contributed by atoms with E-state index in [2.05, 4.69) is 4.72 Å². The Hall–Kier alpha value is -1.83. The number of hydrogen-bond donors (Lipinski definition) is 2. The van der Waals surface area contributed by atoms with Crippen LogP contribution in [-0.4, -0.2) is 25.7 Å². The Labute approximate surface area is 132 Å². The van der Waals surface area contributed by atoms with Crippen LogP contribution in [0.3, 0.4) is 0 Å². The summed E-state index contributed by atoms with van der Waals surface area (Å²) in [6.07, 6.45) is 0.645. The van der Waals surface area contributed by atoms with Crippen molar-refractivity contribution in [3.8, 4) is 0 Å². The van der Waals surface area contributed by atoms with Gasteiger partial charge in [-0.15, -0.1) is 0 Å². The normalized spacial score (nSPS) is 16.3. The molecule has 1 aliphatic carbocycles. The van der Waals surface area contributed by atoms with Crippen LogP contribution < -0.4 is 4.72 Å². The summed E-state index contributed by atoms with van der Waals surface area (Å²) in [7, 11) is -4.11. The van der Waals surface area contributed by atoms with Gasteiger partial charge in [0.1, 0.15) is 11.6 Å². The molecular weight excluding hydrogens is 324 g/mol. The number of hydrogen-bond acceptors (Lipinski definition) is 3. The number of benzene rings is 2. The molecule has 1 aliphatic rings. The molecule has 0 saturated carbocycles. The maximum Gasteiger partial charge on any atom is 0.240 e. The van der Waals surface area contributed by atoms with Crippen molar-refractivity contribution in [2.45, 2.75) is 23.3 Å². The van der Waals surface area contributed by atoms with E-state index >= 15 is 0 Å². The third-order valence-corrected chi connectivity index (χ3v) is 5.28. The second-order valence-electron chi connectivity index (χ2n) is 5.78. The van der Waals surface area contributed by atoms with Gasteiger partial charge < -0.3 is 5.11 Å². The Morgan fingerprint density at radius 1 is 1.04 bits per heavy atom. The van der Waals surface area contributed by atoms with Crippen molar-refractivity contribution in [1.82, 2.24) is 4.72 Å². The van der Waals surface area contributed by atoms with Crippen molar-refractivity contribution < 1.29 is 22.3 Å². The summed E-state index contributed by atoms with van der Waals surface area (Å²) in [6.45, 7) is -0.234. The summed E-state index contributed by atoms with van der Waals surface area (Å²) in [4.78, 5) is -0.505. The van der Waals surface area contributed by atoms with E-state index in [0.717, 1.165) is 23.3 Å². The van der Waals surface area contributed by atoms with Crippen molar-refractivity contribution in [1.29, 1.82) is 0 Å². The molecule has 7 heteroatoms. The number of sulfonamides is 1. The van der Waals surface area contributed by atoms with Crippen LogP contribution in [0.15, 0.2) is 47.4 Å². The first-order valence-electron chi connectivity index (χ1n) is 7.02. The highest BCUT2D eigenvalue weighted by atomic mass is 32.2. The molecule has 2 aromatic rings. The average molecular weight is 339 g/mol. The van der Waals surface area contributed by atoms with Crippen LogP contribution in [0.2, 0.25) is 0 Å². The van der Waals surface area contributed by atoms with E-state index in [1.807, 2.05) is 24.3 Å². The Morgan fingerprint density at radius 2 is 1.57 bits per heavy atom. The molecule has 0 radical (unpaired) electrons. The topological polar surface area (TPSA) is 66.4 Å². The maximum atomic E-state index is 13.2. The Bertz CT molecular complexity index is 807. The molecule has 0 aromatic heterocycles. The first-order valence-corrected chi connectivity index (χ1v) is 8.51. The van der Waals surface area contributed by atoms with Gasteiger partial charge in [0.15, 0.2) is 0 Å². The largest absolute Gasteiger partial charge is 0.388 e. The van der Waals surface area contributed by atoms with Gasteiger partial charge in [-0.2, -0.15) is 0 Å². The van der Waals surface area contributed by atoms with Gasteiger partial charge in [0.05, 0.1) is 10.5 Å². The van der Waals surface area contributed by atoms with Gasteiger partial charge in [-0.05, 0) is 23.3 Å². The second-order valence-corrected chi connectivity index (χ2v) is 7.54. The fourth-order valence-corrected chi connectivity index (χ4v) is 3.96. The smallest absolute Gasteiger partial charge is 0.240 e. The summed E-state index contributed by atoms with van der Waals surface area (Å²) in [5, 5.41) is 10.6. The molecule has 0 heterocycles. The highest BCUT2D eigenvalue weighted by molar-refractivity contribution is 7.89. The molecule has 0 spiro atoms. The van der Waals surface area contributed by atoms with Gasteiger partial charge in [-0.3, -0.25) is 0 Å². The molecule has 0 saturated heterocycles. The van der Waals surface area contributed by atoms with Crippen LogP contribution in [0, 0.1) is 11.6 Å². The molecule has 0 unspecified atom stereocenters. The lowest BCUT2D eigenvalue weighted by atomic mass is 10.0.